The summed E-state index contributed by atoms with van der Waals surface area (Å²) in [6, 6.07) is 12.8. The van der Waals surface area contributed by atoms with Gasteiger partial charge in [-0.2, -0.15) is 0 Å². The molecule has 6 heteroatoms. The number of benzene rings is 2. The van der Waals surface area contributed by atoms with Crippen molar-refractivity contribution in [2.24, 2.45) is 0 Å². The highest BCUT2D eigenvalue weighted by molar-refractivity contribution is 7.80. The van der Waals surface area contributed by atoms with E-state index in [4.69, 9.17) is 35.4 Å². The zero-order chi connectivity index (χ0) is 16.6. The molecule has 0 aliphatic carbocycles. The van der Waals surface area contributed by atoms with Crippen molar-refractivity contribution >= 4 is 58.2 Å². The minimum Gasteiger partial charge on any atom is -0.327 e. The second-order valence-electron chi connectivity index (χ2n) is 5.06. The Morgan fingerprint density at radius 3 is 2.61 bits per heavy atom. The second-order valence-corrected chi connectivity index (χ2v) is 6.23. The number of anilines is 1. The molecule has 1 N–H and O–H groups in total. The summed E-state index contributed by atoms with van der Waals surface area (Å²) in [4.78, 5) is 14.2. The Hall–Kier alpha value is -1.88. The van der Waals surface area contributed by atoms with Crippen LogP contribution >= 0.6 is 35.4 Å². The van der Waals surface area contributed by atoms with Crippen LogP contribution in [0, 0.1) is 6.92 Å². The molecule has 0 radical (unpaired) electrons. The molecule has 3 nitrogen and oxygen atoms in total. The molecule has 1 aliphatic rings. The highest BCUT2D eigenvalue weighted by Gasteiger charge is 2.32. The van der Waals surface area contributed by atoms with Crippen LogP contribution in [-0.4, -0.2) is 11.0 Å². The summed E-state index contributed by atoms with van der Waals surface area (Å²) in [5.74, 6) is -0.222. The maximum atomic E-state index is 12.7. The maximum absolute atomic E-state index is 12.7. The van der Waals surface area contributed by atoms with Gasteiger partial charge in [-0.1, -0.05) is 53.5 Å². The zero-order valence-electron chi connectivity index (χ0n) is 12.1. The van der Waals surface area contributed by atoms with E-state index in [1.54, 1.807) is 24.3 Å². The van der Waals surface area contributed by atoms with Gasteiger partial charge in [-0.15, -0.1) is 0 Å². The molecular weight excluding hydrogens is 351 g/mol. The first-order valence-electron chi connectivity index (χ1n) is 6.86. The topological polar surface area (TPSA) is 32.3 Å². The average molecular weight is 363 g/mol. The summed E-state index contributed by atoms with van der Waals surface area (Å²) in [5.41, 5.74) is 2.74. The van der Waals surface area contributed by atoms with Crippen LogP contribution < -0.4 is 10.2 Å². The van der Waals surface area contributed by atoms with Crippen LogP contribution in [0.1, 0.15) is 11.1 Å². The van der Waals surface area contributed by atoms with Gasteiger partial charge < -0.3 is 5.32 Å². The normalized spacial score (nSPS) is 16.1. The number of nitrogens with one attached hydrogen (secondary N) is 1. The minimum absolute atomic E-state index is 0.222. The van der Waals surface area contributed by atoms with E-state index in [2.05, 4.69) is 5.32 Å². The lowest BCUT2D eigenvalue weighted by Crippen LogP contribution is -2.30. The van der Waals surface area contributed by atoms with Crippen molar-refractivity contribution in [2.75, 3.05) is 4.90 Å². The molecule has 0 unspecified atom stereocenters. The fourth-order valence-corrected chi connectivity index (χ4v) is 3.01. The summed E-state index contributed by atoms with van der Waals surface area (Å²) < 4.78 is 0. The standard InChI is InChI=1S/C17H12Cl2N2OS/c1-10-5-2-3-8-14(10)21-16(22)13(20-17(21)23)9-11-6-4-7-12(18)15(11)19/h2-9H,1H3,(H,20,23)/b13-9+. The highest BCUT2D eigenvalue weighted by atomic mass is 35.5. The van der Waals surface area contributed by atoms with E-state index < -0.39 is 0 Å². The van der Waals surface area contributed by atoms with Crippen LogP contribution in [0.4, 0.5) is 5.69 Å². The van der Waals surface area contributed by atoms with Gasteiger partial charge in [0.25, 0.3) is 5.91 Å². The Morgan fingerprint density at radius 2 is 1.87 bits per heavy atom. The quantitative estimate of drug-likeness (QED) is 0.627. The summed E-state index contributed by atoms with van der Waals surface area (Å²) in [5, 5.41) is 4.12. The van der Waals surface area contributed by atoms with Gasteiger partial charge in [0.05, 0.1) is 15.7 Å². The van der Waals surface area contributed by atoms with Gasteiger partial charge in [0, 0.05) is 0 Å². The predicted molar refractivity (Wildman–Crippen MR) is 98.8 cm³/mol. The van der Waals surface area contributed by atoms with Crippen LogP contribution in [0.5, 0.6) is 0 Å². The van der Waals surface area contributed by atoms with Gasteiger partial charge >= 0.3 is 0 Å². The summed E-state index contributed by atoms with van der Waals surface area (Å²) in [6.45, 7) is 1.93. The Bertz CT molecular complexity index is 848. The smallest absolute Gasteiger partial charge is 0.281 e. The van der Waals surface area contributed by atoms with E-state index in [0.717, 1.165) is 11.3 Å². The Kier molecular flexibility index (Phi) is 4.39. The number of amides is 1. The molecule has 1 aliphatic heterocycles. The SMILES string of the molecule is Cc1ccccc1N1C(=O)/C(=C\c2cccc(Cl)c2Cl)NC1=S. The lowest BCUT2D eigenvalue weighted by Gasteiger charge is -2.16. The van der Waals surface area contributed by atoms with Gasteiger partial charge in [-0.25, -0.2) is 0 Å². The van der Waals surface area contributed by atoms with Gasteiger partial charge in [-0.3, -0.25) is 9.69 Å². The van der Waals surface area contributed by atoms with Crippen molar-refractivity contribution in [2.45, 2.75) is 6.92 Å². The molecule has 0 bridgehead atoms. The van der Waals surface area contributed by atoms with Gasteiger partial charge in [0.2, 0.25) is 0 Å². The molecule has 2 aromatic carbocycles. The molecule has 2 aromatic rings. The Balaban J connectivity index is 2.00. The summed E-state index contributed by atoms with van der Waals surface area (Å²) in [6.07, 6.45) is 1.65. The monoisotopic (exact) mass is 362 g/mol. The number of hydrogen-bond donors (Lipinski definition) is 1. The van der Waals surface area contributed by atoms with Crippen LogP contribution in [0.25, 0.3) is 6.08 Å². The van der Waals surface area contributed by atoms with Crippen molar-refractivity contribution in [3.63, 3.8) is 0 Å². The highest BCUT2D eigenvalue weighted by Crippen LogP contribution is 2.29. The van der Waals surface area contributed by atoms with Gasteiger partial charge in [0.1, 0.15) is 5.70 Å². The third-order valence-corrected chi connectivity index (χ3v) is 4.63. The number of nitrogens with zero attached hydrogens (tertiary/aromatic N) is 1. The van der Waals surface area contributed by atoms with Crippen molar-refractivity contribution < 1.29 is 4.79 Å². The van der Waals surface area contributed by atoms with Crippen LogP contribution in [0.15, 0.2) is 48.2 Å². The lowest BCUT2D eigenvalue weighted by atomic mass is 10.1. The Labute approximate surface area is 149 Å². The molecule has 1 fully saturated rings. The maximum Gasteiger partial charge on any atom is 0.281 e. The number of aryl methyl sites for hydroxylation is 1. The van der Waals surface area contributed by atoms with E-state index in [1.807, 2.05) is 31.2 Å². The van der Waals surface area contributed by atoms with E-state index >= 15 is 0 Å². The molecule has 1 amide bonds. The largest absolute Gasteiger partial charge is 0.327 e. The van der Waals surface area contributed by atoms with Gasteiger partial charge in [-0.05, 0) is 48.5 Å². The van der Waals surface area contributed by atoms with Crippen LogP contribution in [0.3, 0.4) is 0 Å². The van der Waals surface area contributed by atoms with Crippen molar-refractivity contribution in [1.29, 1.82) is 0 Å². The number of halogens is 2. The number of carbonyl (C=O) groups is 1. The second kappa shape index (κ2) is 6.32. The molecule has 1 saturated heterocycles. The molecular formula is C17H12Cl2N2OS. The van der Waals surface area contributed by atoms with Gasteiger partial charge in [0.15, 0.2) is 5.11 Å². The van der Waals surface area contributed by atoms with Crippen molar-refractivity contribution in [1.82, 2.24) is 5.32 Å². The fraction of sp³-hybridized carbons (Fsp3) is 0.0588. The first kappa shape index (κ1) is 16.0. The molecule has 1 heterocycles. The first-order chi connectivity index (χ1) is 11.0. The fourth-order valence-electron chi connectivity index (χ4n) is 2.36. The predicted octanol–water partition coefficient (Wildman–Crippen LogP) is 4.56. The summed E-state index contributed by atoms with van der Waals surface area (Å²) in [7, 11) is 0. The molecule has 0 atom stereocenters. The molecule has 0 saturated carbocycles. The van der Waals surface area contributed by atoms with E-state index in [0.29, 0.717) is 26.4 Å². The van der Waals surface area contributed by atoms with E-state index in [1.165, 1.54) is 4.90 Å². The minimum atomic E-state index is -0.222. The molecule has 3 rings (SSSR count). The third kappa shape index (κ3) is 2.98. The van der Waals surface area contributed by atoms with Crippen molar-refractivity contribution in [3.8, 4) is 0 Å². The van der Waals surface area contributed by atoms with E-state index in [-0.39, 0.29) is 5.91 Å². The molecule has 0 aromatic heterocycles. The number of hydrogen-bond acceptors (Lipinski definition) is 2. The average Bonchev–Trinajstić information content (AvgIpc) is 2.79. The lowest BCUT2D eigenvalue weighted by molar-refractivity contribution is -0.113. The summed E-state index contributed by atoms with van der Waals surface area (Å²) >= 11 is 17.5. The van der Waals surface area contributed by atoms with Crippen molar-refractivity contribution in [3.05, 3.63) is 69.3 Å². The number of carbonyl (C=O) groups excluding carboxylic acids is 1. The molecule has 0 spiro atoms. The number of para-hydroxylation sites is 1. The number of rotatable bonds is 2. The first-order valence-corrected chi connectivity index (χ1v) is 8.02. The van der Waals surface area contributed by atoms with Crippen LogP contribution in [-0.2, 0) is 4.79 Å². The third-order valence-electron chi connectivity index (χ3n) is 3.52. The van der Waals surface area contributed by atoms with E-state index in [9.17, 15) is 4.79 Å². The molecule has 116 valence electrons. The van der Waals surface area contributed by atoms with Crippen LogP contribution in [0.2, 0.25) is 10.0 Å². The number of thiocarbonyl (C=S) groups is 1. The zero-order valence-corrected chi connectivity index (χ0v) is 14.5. The Morgan fingerprint density at radius 1 is 1.13 bits per heavy atom. The molecule has 23 heavy (non-hydrogen) atoms.